The molecule has 0 atom stereocenters. The number of halogens is 5. The van der Waals surface area contributed by atoms with Crippen LogP contribution >= 0.6 is 0 Å². The molecule has 0 aromatic carbocycles. The monoisotopic (exact) mass is 230 g/mol. The summed E-state index contributed by atoms with van der Waals surface area (Å²) in [7, 11) is 0. The average Bonchev–Trinajstić information content (AvgIpc) is 2.54. The fourth-order valence-corrected chi connectivity index (χ4v) is 1.01. The highest BCUT2D eigenvalue weighted by molar-refractivity contribution is 5.96. The van der Waals surface area contributed by atoms with E-state index in [2.05, 4.69) is 4.74 Å². The van der Waals surface area contributed by atoms with Crippen LogP contribution in [0.15, 0.2) is 11.8 Å². The summed E-state index contributed by atoms with van der Waals surface area (Å²) in [6, 6.07) is 0. The van der Waals surface area contributed by atoms with E-state index in [1.165, 1.54) is 0 Å². The molecular weight excluding hydrogens is 223 g/mol. The molecule has 86 valence electrons. The molecule has 7 heteroatoms. The van der Waals surface area contributed by atoms with Crippen LogP contribution in [0, 0.1) is 0 Å². The van der Waals surface area contributed by atoms with Crippen molar-refractivity contribution in [3.8, 4) is 0 Å². The van der Waals surface area contributed by atoms with E-state index in [0.717, 1.165) is 0 Å². The Morgan fingerprint density at radius 2 is 1.87 bits per heavy atom. The minimum absolute atomic E-state index is 0.121. The summed E-state index contributed by atoms with van der Waals surface area (Å²) in [5.41, 5.74) is 0. The summed E-state index contributed by atoms with van der Waals surface area (Å²) in [4.78, 5) is 10.6. The van der Waals surface area contributed by atoms with Crippen molar-refractivity contribution in [3.63, 3.8) is 0 Å². The lowest BCUT2D eigenvalue weighted by atomic mass is 10.1. The Kier molecular flexibility index (Phi) is 3.01. The summed E-state index contributed by atoms with van der Waals surface area (Å²) in [5.74, 6) is -7.75. The molecule has 0 radical (unpaired) electrons. The summed E-state index contributed by atoms with van der Waals surface area (Å²) < 4.78 is 64.6. The fourth-order valence-electron chi connectivity index (χ4n) is 1.01. The zero-order valence-electron chi connectivity index (χ0n) is 7.40. The Labute approximate surface area is 81.7 Å². The van der Waals surface area contributed by atoms with Crippen LogP contribution in [0.2, 0.25) is 0 Å². The number of rotatable bonds is 2. The third-order valence-electron chi connectivity index (χ3n) is 1.81. The van der Waals surface area contributed by atoms with Crippen molar-refractivity contribution >= 4 is 5.78 Å². The third-order valence-corrected chi connectivity index (χ3v) is 1.81. The largest absolute Gasteiger partial charge is 0.498 e. The lowest BCUT2D eigenvalue weighted by Crippen LogP contribution is -2.43. The van der Waals surface area contributed by atoms with Crippen LogP contribution in [0.25, 0.3) is 0 Å². The Balaban J connectivity index is 2.80. The number of ether oxygens (including phenoxy) is 1. The number of carbonyl (C=O) groups is 1. The number of hydrogen-bond donors (Lipinski definition) is 0. The van der Waals surface area contributed by atoms with Gasteiger partial charge >= 0.3 is 12.1 Å². The Morgan fingerprint density at radius 3 is 2.27 bits per heavy atom. The van der Waals surface area contributed by atoms with E-state index < -0.39 is 17.9 Å². The molecule has 15 heavy (non-hydrogen) atoms. The van der Waals surface area contributed by atoms with Gasteiger partial charge in [0.25, 0.3) is 0 Å². The SMILES string of the molecule is O=C(/C=C1/CCCO1)C(F)(F)C(F)(F)F. The van der Waals surface area contributed by atoms with Gasteiger partial charge in [-0.3, -0.25) is 4.79 Å². The minimum atomic E-state index is -5.86. The highest BCUT2D eigenvalue weighted by Crippen LogP contribution is 2.36. The molecule has 1 aliphatic rings. The number of alkyl halides is 5. The summed E-state index contributed by atoms with van der Waals surface area (Å²) >= 11 is 0. The zero-order valence-corrected chi connectivity index (χ0v) is 7.40. The van der Waals surface area contributed by atoms with Crippen molar-refractivity contribution < 1.29 is 31.5 Å². The second-order valence-electron chi connectivity index (χ2n) is 3.00. The molecule has 0 bridgehead atoms. The quantitative estimate of drug-likeness (QED) is 0.538. The number of ketones is 1. The standard InChI is InChI=1S/C8H7F5O2/c9-7(10,8(11,12)13)6(14)4-5-2-1-3-15-5/h4H,1-3H2/b5-4-. The van der Waals surface area contributed by atoms with E-state index in [4.69, 9.17) is 0 Å². The first-order chi connectivity index (χ1) is 6.75. The molecular formula is C8H7F5O2. The van der Waals surface area contributed by atoms with Crippen LogP contribution in [0.3, 0.4) is 0 Å². The van der Waals surface area contributed by atoms with Gasteiger partial charge in [0.05, 0.1) is 12.4 Å². The highest BCUT2D eigenvalue weighted by atomic mass is 19.4. The zero-order chi connectivity index (χ0) is 11.7. The molecule has 0 unspecified atom stereocenters. The van der Waals surface area contributed by atoms with Gasteiger partial charge in [-0.05, 0) is 6.42 Å². The van der Waals surface area contributed by atoms with Gasteiger partial charge in [0.1, 0.15) is 0 Å². The molecule has 0 saturated carbocycles. The van der Waals surface area contributed by atoms with Crippen LogP contribution < -0.4 is 0 Å². The van der Waals surface area contributed by atoms with Gasteiger partial charge < -0.3 is 4.74 Å². The number of hydrogen-bond acceptors (Lipinski definition) is 2. The third kappa shape index (κ3) is 2.45. The first-order valence-electron chi connectivity index (χ1n) is 4.07. The van der Waals surface area contributed by atoms with Crippen LogP contribution in [0.1, 0.15) is 12.8 Å². The fraction of sp³-hybridized carbons (Fsp3) is 0.625. The van der Waals surface area contributed by atoms with E-state index in [1.807, 2.05) is 0 Å². The smallest absolute Gasteiger partial charge is 0.461 e. The Morgan fingerprint density at radius 1 is 1.27 bits per heavy atom. The van der Waals surface area contributed by atoms with Crippen LogP contribution in [-0.4, -0.2) is 24.5 Å². The molecule has 0 aromatic rings. The lowest BCUT2D eigenvalue weighted by Gasteiger charge is -2.16. The minimum Gasteiger partial charge on any atom is -0.498 e. The van der Waals surface area contributed by atoms with Gasteiger partial charge in [0.2, 0.25) is 5.78 Å². The maximum absolute atomic E-state index is 12.4. The molecule has 1 heterocycles. The summed E-state index contributed by atoms with van der Waals surface area (Å²) in [5, 5.41) is 0. The van der Waals surface area contributed by atoms with Gasteiger partial charge in [-0.1, -0.05) is 0 Å². The Bertz CT molecular complexity index is 284. The normalized spacial score (nSPS) is 20.5. The van der Waals surface area contributed by atoms with Crippen molar-refractivity contribution in [2.24, 2.45) is 0 Å². The van der Waals surface area contributed by atoms with E-state index >= 15 is 0 Å². The van der Waals surface area contributed by atoms with E-state index in [9.17, 15) is 26.7 Å². The van der Waals surface area contributed by atoms with Crippen molar-refractivity contribution in [1.82, 2.24) is 0 Å². The molecule has 1 saturated heterocycles. The average molecular weight is 230 g/mol. The topological polar surface area (TPSA) is 26.3 Å². The van der Waals surface area contributed by atoms with Gasteiger partial charge in [0, 0.05) is 12.5 Å². The van der Waals surface area contributed by atoms with Gasteiger partial charge in [-0.2, -0.15) is 22.0 Å². The molecule has 1 rings (SSSR count). The maximum atomic E-state index is 12.4. The Hall–Kier alpha value is -1.14. The van der Waals surface area contributed by atoms with Crippen LogP contribution in [0.5, 0.6) is 0 Å². The molecule has 1 aliphatic heterocycles. The molecule has 0 N–H and O–H groups in total. The predicted molar refractivity (Wildman–Crippen MR) is 39.3 cm³/mol. The molecule has 2 nitrogen and oxygen atoms in total. The van der Waals surface area contributed by atoms with E-state index in [-0.39, 0.29) is 24.9 Å². The van der Waals surface area contributed by atoms with Crippen molar-refractivity contribution in [2.75, 3.05) is 6.61 Å². The second-order valence-corrected chi connectivity index (χ2v) is 3.00. The maximum Gasteiger partial charge on any atom is 0.461 e. The number of allylic oxidation sites excluding steroid dienone is 2. The van der Waals surface area contributed by atoms with Crippen LogP contribution in [0.4, 0.5) is 22.0 Å². The van der Waals surface area contributed by atoms with Crippen molar-refractivity contribution in [2.45, 2.75) is 24.9 Å². The summed E-state index contributed by atoms with van der Waals surface area (Å²) in [6.45, 7) is 0.233. The van der Waals surface area contributed by atoms with Gasteiger partial charge in [-0.25, -0.2) is 0 Å². The summed E-state index contributed by atoms with van der Waals surface area (Å²) in [6.07, 6.45) is -4.92. The molecule has 0 aliphatic carbocycles. The van der Waals surface area contributed by atoms with E-state index in [0.29, 0.717) is 6.42 Å². The van der Waals surface area contributed by atoms with Gasteiger partial charge in [-0.15, -0.1) is 0 Å². The molecule has 0 spiro atoms. The highest BCUT2D eigenvalue weighted by Gasteiger charge is 2.62. The molecule has 0 amide bonds. The number of carbonyl (C=O) groups excluding carboxylic acids is 1. The first-order valence-corrected chi connectivity index (χ1v) is 4.07. The van der Waals surface area contributed by atoms with E-state index in [1.54, 1.807) is 0 Å². The molecule has 0 aromatic heterocycles. The van der Waals surface area contributed by atoms with Gasteiger partial charge in [0.15, 0.2) is 0 Å². The van der Waals surface area contributed by atoms with Crippen molar-refractivity contribution in [3.05, 3.63) is 11.8 Å². The molecule has 1 fully saturated rings. The second kappa shape index (κ2) is 3.79. The first kappa shape index (κ1) is 11.9. The van der Waals surface area contributed by atoms with Crippen LogP contribution in [-0.2, 0) is 9.53 Å². The van der Waals surface area contributed by atoms with Crippen molar-refractivity contribution in [1.29, 1.82) is 0 Å². The lowest BCUT2D eigenvalue weighted by molar-refractivity contribution is -0.266. The predicted octanol–water partition coefficient (Wildman–Crippen LogP) is 2.45.